The van der Waals surface area contributed by atoms with Crippen LogP contribution in [0.2, 0.25) is 0 Å². The van der Waals surface area contributed by atoms with Gasteiger partial charge in [0.1, 0.15) is 15.8 Å². The highest BCUT2D eigenvalue weighted by Gasteiger charge is 2.35. The van der Waals surface area contributed by atoms with E-state index in [1.807, 2.05) is 19.1 Å². The molecule has 2 aromatic heterocycles. The topological polar surface area (TPSA) is 67.2 Å². The summed E-state index contributed by atoms with van der Waals surface area (Å²) in [7, 11) is 0. The van der Waals surface area contributed by atoms with Gasteiger partial charge in [-0.15, -0.1) is 0 Å². The van der Waals surface area contributed by atoms with Crippen molar-refractivity contribution in [3.63, 3.8) is 0 Å². The van der Waals surface area contributed by atoms with Gasteiger partial charge in [-0.3, -0.25) is 18.9 Å². The number of anilines is 1. The van der Waals surface area contributed by atoms with Gasteiger partial charge in [-0.25, -0.2) is 4.98 Å². The lowest BCUT2D eigenvalue weighted by Gasteiger charge is -2.36. The zero-order valence-electron chi connectivity index (χ0n) is 19.8. The Balaban J connectivity index is 1.59. The molecule has 0 N–H and O–H groups in total. The summed E-state index contributed by atoms with van der Waals surface area (Å²) < 4.78 is 7.80. The average Bonchev–Trinajstić information content (AvgIpc) is 3.39. The fraction of sp³-hybridized carbons (Fsp3) is 0.520. The third-order valence-electron chi connectivity index (χ3n) is 6.79. The first-order chi connectivity index (χ1) is 16.3. The highest BCUT2D eigenvalue weighted by Crippen LogP contribution is 2.35. The van der Waals surface area contributed by atoms with Crippen LogP contribution in [0.5, 0.6) is 0 Å². The van der Waals surface area contributed by atoms with Crippen LogP contribution in [-0.2, 0) is 9.53 Å². The van der Waals surface area contributed by atoms with E-state index in [1.54, 1.807) is 21.6 Å². The zero-order valence-corrected chi connectivity index (χ0v) is 21.5. The van der Waals surface area contributed by atoms with Gasteiger partial charge >= 0.3 is 0 Å². The molecule has 9 heteroatoms. The van der Waals surface area contributed by atoms with Crippen LogP contribution < -0.4 is 10.5 Å². The lowest BCUT2D eigenvalue weighted by molar-refractivity contribution is -0.123. The maximum absolute atomic E-state index is 13.7. The van der Waals surface area contributed by atoms with E-state index in [0.29, 0.717) is 44.6 Å². The maximum atomic E-state index is 13.7. The Bertz CT molecular complexity index is 1220. The van der Waals surface area contributed by atoms with E-state index in [4.69, 9.17) is 21.9 Å². The van der Waals surface area contributed by atoms with Crippen molar-refractivity contribution >= 4 is 51.7 Å². The summed E-state index contributed by atoms with van der Waals surface area (Å²) in [4.78, 5) is 36.3. The van der Waals surface area contributed by atoms with Crippen LogP contribution in [0.1, 0.15) is 44.2 Å². The summed E-state index contributed by atoms with van der Waals surface area (Å²) >= 11 is 6.78. The largest absolute Gasteiger partial charge is 0.376 e. The quantitative estimate of drug-likeness (QED) is 0.468. The number of thiocarbonyl (C=S) groups is 1. The minimum atomic E-state index is -0.168. The number of ether oxygens (including phenoxy) is 1. The Kier molecular flexibility index (Phi) is 6.52. The molecule has 0 aromatic carbocycles. The number of hydrogen-bond donors (Lipinski definition) is 0. The second kappa shape index (κ2) is 9.43. The lowest BCUT2D eigenvalue weighted by atomic mass is 9.91. The van der Waals surface area contributed by atoms with E-state index in [9.17, 15) is 9.59 Å². The molecule has 0 spiro atoms. The van der Waals surface area contributed by atoms with E-state index in [2.05, 4.69) is 18.7 Å². The Morgan fingerprint density at radius 2 is 2.03 bits per heavy atom. The summed E-state index contributed by atoms with van der Waals surface area (Å²) in [5.74, 6) is 1.49. The van der Waals surface area contributed by atoms with Crippen LogP contribution in [0.3, 0.4) is 0 Å². The molecular formula is C25H30N4O3S2. The van der Waals surface area contributed by atoms with Crippen molar-refractivity contribution in [2.24, 2.45) is 11.8 Å². The molecule has 3 aliphatic rings. The van der Waals surface area contributed by atoms with E-state index in [1.165, 1.54) is 11.8 Å². The van der Waals surface area contributed by atoms with Crippen molar-refractivity contribution in [2.75, 3.05) is 31.1 Å². The molecule has 0 aliphatic carbocycles. The Labute approximate surface area is 209 Å². The van der Waals surface area contributed by atoms with Gasteiger partial charge in [0.15, 0.2) is 0 Å². The zero-order chi connectivity index (χ0) is 24.0. The normalized spacial score (nSPS) is 26.9. The Hall–Kier alpha value is -2.23. The third kappa shape index (κ3) is 4.41. The molecule has 34 heavy (non-hydrogen) atoms. The summed E-state index contributed by atoms with van der Waals surface area (Å²) in [6.07, 6.45) is 6.55. The third-order valence-corrected chi connectivity index (χ3v) is 8.17. The van der Waals surface area contributed by atoms with Crippen LogP contribution in [0.15, 0.2) is 28.0 Å². The molecule has 0 saturated carbocycles. The number of fused-ring (bicyclic) bond motifs is 1. The Morgan fingerprint density at radius 3 is 2.74 bits per heavy atom. The molecule has 0 radical (unpaired) electrons. The smallest absolute Gasteiger partial charge is 0.267 e. The van der Waals surface area contributed by atoms with Crippen LogP contribution in [-0.4, -0.2) is 56.9 Å². The van der Waals surface area contributed by atoms with Gasteiger partial charge in [-0.1, -0.05) is 43.9 Å². The molecular weight excluding hydrogens is 468 g/mol. The molecule has 3 saturated heterocycles. The first-order valence-corrected chi connectivity index (χ1v) is 13.2. The van der Waals surface area contributed by atoms with Crippen LogP contribution in [0.25, 0.3) is 11.7 Å². The predicted octanol–water partition coefficient (Wildman–Crippen LogP) is 3.87. The fourth-order valence-electron chi connectivity index (χ4n) is 5.28. The van der Waals surface area contributed by atoms with Gasteiger partial charge in [-0.05, 0) is 55.7 Å². The van der Waals surface area contributed by atoms with E-state index in [-0.39, 0.29) is 17.6 Å². The molecule has 0 bridgehead atoms. The molecule has 1 amide bonds. The summed E-state index contributed by atoms with van der Waals surface area (Å²) in [6, 6.07) is 3.81. The van der Waals surface area contributed by atoms with Crippen molar-refractivity contribution in [1.29, 1.82) is 0 Å². The second-order valence-corrected chi connectivity index (χ2v) is 11.5. The molecule has 5 rings (SSSR count). The van der Waals surface area contributed by atoms with Crippen molar-refractivity contribution in [1.82, 2.24) is 14.3 Å². The van der Waals surface area contributed by atoms with Crippen LogP contribution in [0.4, 0.5) is 5.82 Å². The first-order valence-electron chi connectivity index (χ1n) is 12.0. The standard InChI is InChI=1S/C25H30N4O3S2/c1-15-10-16(2)13-27(12-15)22-19(23(30)28-8-4-6-17(3)21(28)26-22)11-20-24(31)29(25(33)34-20)14-18-7-5-9-32-18/h4,6,8,11,15-16,18H,5,7,9-10,12-14H2,1-3H3. The summed E-state index contributed by atoms with van der Waals surface area (Å²) in [5, 5.41) is 0. The molecule has 3 atom stereocenters. The molecule has 7 nitrogen and oxygen atoms in total. The minimum Gasteiger partial charge on any atom is -0.376 e. The minimum absolute atomic E-state index is 0.0182. The number of amides is 1. The number of piperidine rings is 1. The van der Waals surface area contributed by atoms with Gasteiger partial charge in [0, 0.05) is 25.9 Å². The van der Waals surface area contributed by atoms with Gasteiger partial charge in [0.05, 0.1) is 23.1 Å². The molecule has 2 aromatic rings. The summed E-state index contributed by atoms with van der Waals surface area (Å²) in [6.45, 7) is 9.28. The number of nitrogens with zero attached hydrogens (tertiary/aromatic N) is 4. The maximum Gasteiger partial charge on any atom is 0.267 e. The van der Waals surface area contributed by atoms with Crippen LogP contribution in [0, 0.1) is 18.8 Å². The molecule has 180 valence electrons. The number of aromatic nitrogens is 2. The van der Waals surface area contributed by atoms with Gasteiger partial charge < -0.3 is 9.64 Å². The van der Waals surface area contributed by atoms with E-state index < -0.39 is 0 Å². The number of thioether (sulfide) groups is 1. The lowest BCUT2D eigenvalue weighted by Crippen LogP contribution is -2.40. The Morgan fingerprint density at radius 1 is 1.26 bits per heavy atom. The highest BCUT2D eigenvalue weighted by molar-refractivity contribution is 8.26. The molecule has 3 fully saturated rings. The van der Waals surface area contributed by atoms with Gasteiger partial charge in [0.2, 0.25) is 0 Å². The first kappa shape index (κ1) is 23.5. The second-order valence-electron chi connectivity index (χ2n) is 9.82. The number of rotatable bonds is 4. The summed E-state index contributed by atoms with van der Waals surface area (Å²) in [5.41, 5.74) is 1.87. The average molecular weight is 499 g/mol. The van der Waals surface area contributed by atoms with Gasteiger partial charge in [-0.2, -0.15) is 0 Å². The SMILES string of the molecule is Cc1cccn2c(=O)c(C=C3SC(=S)N(CC4CCCO4)C3=O)c(N3CC(C)CC(C)C3)nc12. The number of hydrogen-bond acceptors (Lipinski definition) is 7. The number of carbonyl (C=O) groups is 1. The van der Waals surface area contributed by atoms with E-state index in [0.717, 1.165) is 44.5 Å². The van der Waals surface area contributed by atoms with Crippen molar-refractivity contribution in [3.05, 3.63) is 44.7 Å². The predicted molar refractivity (Wildman–Crippen MR) is 140 cm³/mol. The fourth-order valence-corrected chi connectivity index (χ4v) is 6.54. The highest BCUT2D eigenvalue weighted by atomic mass is 32.2. The molecule has 3 unspecified atom stereocenters. The van der Waals surface area contributed by atoms with Crippen molar-refractivity contribution in [2.45, 2.75) is 46.1 Å². The van der Waals surface area contributed by atoms with E-state index >= 15 is 0 Å². The number of pyridine rings is 1. The number of aryl methyl sites for hydroxylation is 1. The van der Waals surface area contributed by atoms with Crippen molar-refractivity contribution in [3.8, 4) is 0 Å². The monoisotopic (exact) mass is 498 g/mol. The number of carbonyl (C=O) groups excluding carboxylic acids is 1. The van der Waals surface area contributed by atoms with Crippen molar-refractivity contribution < 1.29 is 9.53 Å². The molecule has 3 aliphatic heterocycles. The molecule has 5 heterocycles. The van der Waals surface area contributed by atoms with Gasteiger partial charge in [0.25, 0.3) is 11.5 Å². The van der Waals surface area contributed by atoms with Crippen LogP contribution >= 0.6 is 24.0 Å².